The van der Waals surface area contributed by atoms with Gasteiger partial charge in [0.15, 0.2) is 9.91 Å². The zero-order chi connectivity index (χ0) is 14.3. The fraction of sp³-hybridized carbons (Fsp3) is 0.455. The van der Waals surface area contributed by atoms with Crippen LogP contribution in [0.3, 0.4) is 0 Å². The van der Waals surface area contributed by atoms with Crippen LogP contribution in [0.4, 0.5) is 13.2 Å². The molecule has 104 valence electrons. The van der Waals surface area contributed by atoms with Crippen LogP contribution in [-0.4, -0.2) is 22.0 Å². The van der Waals surface area contributed by atoms with Gasteiger partial charge in [0.2, 0.25) is 0 Å². The first kappa shape index (κ1) is 14.4. The lowest BCUT2D eigenvalue weighted by molar-refractivity contribution is -0.166. The number of hydrogen-bond donors (Lipinski definition) is 1. The highest BCUT2D eigenvalue weighted by molar-refractivity contribution is 8.16. The number of thioether (sulfide) groups is 1. The van der Waals surface area contributed by atoms with Gasteiger partial charge in [-0.05, 0) is 25.3 Å². The van der Waals surface area contributed by atoms with Crippen LogP contribution in [0.2, 0.25) is 0 Å². The standard InChI is InChI=1S/C11H11F3N2OS2/c1-6(7-4-3-5-18-7)15-9-16-8(17)10(2,19-9)11(12,13)14/h3-6H,1-2H3,(H,15,16,17). The van der Waals surface area contributed by atoms with Gasteiger partial charge >= 0.3 is 6.18 Å². The van der Waals surface area contributed by atoms with Crippen molar-refractivity contribution in [3.8, 4) is 0 Å². The van der Waals surface area contributed by atoms with E-state index in [0.717, 1.165) is 11.8 Å². The van der Waals surface area contributed by atoms with Crippen LogP contribution in [-0.2, 0) is 4.79 Å². The van der Waals surface area contributed by atoms with E-state index in [1.54, 1.807) is 6.92 Å². The van der Waals surface area contributed by atoms with Crippen LogP contribution in [0.5, 0.6) is 0 Å². The van der Waals surface area contributed by atoms with Gasteiger partial charge in [-0.2, -0.15) is 13.2 Å². The monoisotopic (exact) mass is 308 g/mol. The summed E-state index contributed by atoms with van der Waals surface area (Å²) in [6, 6.07) is 3.42. The van der Waals surface area contributed by atoms with Crippen molar-refractivity contribution in [3.05, 3.63) is 22.4 Å². The van der Waals surface area contributed by atoms with E-state index in [1.165, 1.54) is 11.3 Å². The highest BCUT2D eigenvalue weighted by Crippen LogP contribution is 2.45. The molecule has 1 amide bonds. The first-order valence-electron chi connectivity index (χ1n) is 5.42. The molecule has 19 heavy (non-hydrogen) atoms. The Balaban J connectivity index is 2.20. The Labute approximate surface area is 116 Å². The van der Waals surface area contributed by atoms with Crippen LogP contribution in [0, 0.1) is 0 Å². The van der Waals surface area contributed by atoms with E-state index in [1.807, 2.05) is 17.5 Å². The van der Waals surface area contributed by atoms with Crippen LogP contribution >= 0.6 is 23.1 Å². The lowest BCUT2D eigenvalue weighted by Gasteiger charge is -2.21. The average Bonchev–Trinajstić information content (AvgIpc) is 2.87. The summed E-state index contributed by atoms with van der Waals surface area (Å²) in [4.78, 5) is 16.6. The second kappa shape index (κ2) is 4.82. The number of thiophene rings is 1. The number of nitrogens with one attached hydrogen (secondary N) is 1. The highest BCUT2D eigenvalue weighted by atomic mass is 32.2. The van der Waals surface area contributed by atoms with Crippen molar-refractivity contribution in [1.82, 2.24) is 5.32 Å². The molecule has 1 aliphatic rings. The van der Waals surface area contributed by atoms with Crippen LogP contribution in [0.15, 0.2) is 22.5 Å². The van der Waals surface area contributed by atoms with Gasteiger partial charge in [-0.25, -0.2) is 0 Å². The van der Waals surface area contributed by atoms with E-state index >= 15 is 0 Å². The maximum absolute atomic E-state index is 12.8. The molecule has 0 aromatic carbocycles. The number of alkyl halides is 3. The molecule has 2 atom stereocenters. The largest absolute Gasteiger partial charge is 0.412 e. The number of carbonyl (C=O) groups excluding carboxylic acids is 1. The molecule has 0 radical (unpaired) electrons. The van der Waals surface area contributed by atoms with E-state index in [9.17, 15) is 18.0 Å². The van der Waals surface area contributed by atoms with Crippen LogP contribution < -0.4 is 5.32 Å². The SMILES string of the molecule is CC(N=C1NC(=O)C(C)(C(F)(F)F)S1)c1cccs1. The smallest absolute Gasteiger partial charge is 0.304 e. The van der Waals surface area contributed by atoms with E-state index in [-0.39, 0.29) is 11.2 Å². The molecule has 2 unspecified atom stereocenters. The van der Waals surface area contributed by atoms with Gasteiger partial charge in [0.05, 0.1) is 6.04 Å². The van der Waals surface area contributed by atoms with Gasteiger partial charge < -0.3 is 5.32 Å². The summed E-state index contributed by atoms with van der Waals surface area (Å²) in [6.07, 6.45) is -4.61. The maximum Gasteiger partial charge on any atom is 0.412 e. The molecular formula is C11H11F3N2OS2. The number of aliphatic imine (C=N–C) groups is 1. The fourth-order valence-electron chi connectivity index (χ4n) is 1.50. The minimum atomic E-state index is -4.61. The van der Waals surface area contributed by atoms with Gasteiger partial charge in [-0.15, -0.1) is 11.3 Å². The van der Waals surface area contributed by atoms with E-state index in [2.05, 4.69) is 10.3 Å². The van der Waals surface area contributed by atoms with Crippen molar-refractivity contribution in [1.29, 1.82) is 0 Å². The van der Waals surface area contributed by atoms with Crippen molar-refractivity contribution >= 4 is 34.2 Å². The molecule has 1 N–H and O–H groups in total. The lowest BCUT2D eigenvalue weighted by atomic mass is 10.1. The number of nitrogens with zero attached hydrogens (tertiary/aromatic N) is 1. The topological polar surface area (TPSA) is 41.5 Å². The molecule has 2 rings (SSSR count). The zero-order valence-electron chi connectivity index (χ0n) is 10.1. The van der Waals surface area contributed by atoms with Gasteiger partial charge in [0.1, 0.15) is 0 Å². The molecule has 2 heterocycles. The summed E-state index contributed by atoms with van der Waals surface area (Å²) in [5.74, 6) is -1.07. The number of amides is 1. The molecule has 0 bridgehead atoms. The fourth-order valence-corrected chi connectivity index (χ4v) is 3.22. The Hall–Kier alpha value is -1.02. The summed E-state index contributed by atoms with van der Waals surface area (Å²) in [5.41, 5.74) is 0. The quantitative estimate of drug-likeness (QED) is 0.910. The molecule has 0 aliphatic carbocycles. The molecule has 1 aromatic heterocycles. The molecule has 1 aliphatic heterocycles. The number of halogens is 3. The van der Waals surface area contributed by atoms with Gasteiger partial charge in [-0.1, -0.05) is 17.8 Å². The molecule has 1 aromatic rings. The van der Waals surface area contributed by atoms with Crippen molar-refractivity contribution in [2.45, 2.75) is 30.8 Å². The molecule has 1 saturated heterocycles. The third-order valence-corrected chi connectivity index (χ3v) is 5.03. The third kappa shape index (κ3) is 2.64. The minimum absolute atomic E-state index is 0.0192. The second-order valence-corrected chi connectivity index (χ2v) is 6.60. The van der Waals surface area contributed by atoms with Gasteiger partial charge in [-0.3, -0.25) is 9.79 Å². The molecule has 3 nitrogen and oxygen atoms in total. The minimum Gasteiger partial charge on any atom is -0.304 e. The Morgan fingerprint density at radius 3 is 2.63 bits per heavy atom. The molecule has 0 spiro atoms. The molecule has 0 saturated carbocycles. The zero-order valence-corrected chi connectivity index (χ0v) is 11.7. The summed E-state index contributed by atoms with van der Waals surface area (Å²) >= 11 is 1.89. The first-order chi connectivity index (χ1) is 8.74. The number of hydrogen-bond acceptors (Lipinski definition) is 4. The second-order valence-electron chi connectivity index (χ2n) is 4.21. The Morgan fingerprint density at radius 2 is 2.16 bits per heavy atom. The first-order valence-corrected chi connectivity index (χ1v) is 7.12. The van der Waals surface area contributed by atoms with Crippen LogP contribution in [0.25, 0.3) is 0 Å². The lowest BCUT2D eigenvalue weighted by Crippen LogP contribution is -2.46. The third-order valence-electron chi connectivity index (χ3n) is 2.76. The van der Waals surface area contributed by atoms with E-state index in [4.69, 9.17) is 0 Å². The summed E-state index contributed by atoms with van der Waals surface area (Å²) in [5, 5.41) is 4.09. The Bertz CT molecular complexity index is 513. The van der Waals surface area contributed by atoms with Gasteiger partial charge in [0.25, 0.3) is 5.91 Å². The molecule has 1 fully saturated rings. The van der Waals surface area contributed by atoms with E-state index < -0.39 is 16.8 Å². The number of carbonyl (C=O) groups is 1. The highest BCUT2D eigenvalue weighted by Gasteiger charge is 2.61. The number of amidine groups is 1. The van der Waals surface area contributed by atoms with E-state index in [0.29, 0.717) is 11.8 Å². The van der Waals surface area contributed by atoms with Gasteiger partial charge in [0, 0.05) is 4.88 Å². The maximum atomic E-state index is 12.8. The predicted molar refractivity (Wildman–Crippen MR) is 70.4 cm³/mol. The normalized spacial score (nSPS) is 27.6. The van der Waals surface area contributed by atoms with Crippen molar-refractivity contribution in [2.24, 2.45) is 4.99 Å². The Kier molecular flexibility index (Phi) is 3.65. The summed E-state index contributed by atoms with van der Waals surface area (Å²) < 4.78 is 36.1. The summed E-state index contributed by atoms with van der Waals surface area (Å²) in [6.45, 7) is 2.64. The van der Waals surface area contributed by atoms with Crippen molar-refractivity contribution in [3.63, 3.8) is 0 Å². The van der Waals surface area contributed by atoms with Crippen molar-refractivity contribution in [2.75, 3.05) is 0 Å². The summed E-state index contributed by atoms with van der Waals surface area (Å²) in [7, 11) is 0. The molecule has 8 heteroatoms. The predicted octanol–water partition coefficient (Wildman–Crippen LogP) is 3.35. The number of rotatable bonds is 2. The molecular weight excluding hydrogens is 297 g/mol. The van der Waals surface area contributed by atoms with Crippen molar-refractivity contribution < 1.29 is 18.0 Å². The Morgan fingerprint density at radius 1 is 1.47 bits per heavy atom. The average molecular weight is 308 g/mol. The van der Waals surface area contributed by atoms with Crippen LogP contribution in [0.1, 0.15) is 24.8 Å².